The number of carbonyl (C=O) groups excluding carboxylic acids is 1. The van der Waals surface area contributed by atoms with Crippen LogP contribution in [0, 0.1) is 5.92 Å². The third kappa shape index (κ3) is 4.21. The van der Waals surface area contributed by atoms with E-state index >= 15 is 0 Å². The topological polar surface area (TPSA) is 46.3 Å². The highest BCUT2D eigenvalue weighted by Gasteiger charge is 2.35. The first-order valence-corrected chi connectivity index (χ1v) is 9.23. The number of carbonyl (C=O) groups is 1. The molecule has 2 atom stereocenters. The van der Waals surface area contributed by atoms with Gasteiger partial charge in [-0.15, -0.1) is 0 Å². The van der Waals surface area contributed by atoms with Gasteiger partial charge in [-0.3, -0.25) is 4.79 Å². The molecule has 0 heterocycles. The molecule has 2 aliphatic carbocycles. The Hall–Kier alpha value is -0.570. The lowest BCUT2D eigenvalue weighted by molar-refractivity contribution is -0.140. The van der Waals surface area contributed by atoms with Crippen LogP contribution in [0.5, 0.6) is 0 Å². The molecule has 2 saturated carbocycles. The van der Waals surface area contributed by atoms with Gasteiger partial charge in [0.05, 0.1) is 6.04 Å². The highest BCUT2D eigenvalue weighted by molar-refractivity contribution is 5.82. The van der Waals surface area contributed by atoms with Gasteiger partial charge in [-0.2, -0.15) is 0 Å². The zero-order valence-corrected chi connectivity index (χ0v) is 14.0. The van der Waals surface area contributed by atoms with E-state index in [4.69, 9.17) is 5.73 Å². The van der Waals surface area contributed by atoms with Gasteiger partial charge in [-0.25, -0.2) is 0 Å². The second-order valence-corrected chi connectivity index (χ2v) is 7.24. The van der Waals surface area contributed by atoms with Gasteiger partial charge in [0.2, 0.25) is 5.91 Å². The van der Waals surface area contributed by atoms with E-state index in [1.165, 1.54) is 64.2 Å². The van der Waals surface area contributed by atoms with Crippen LogP contribution in [0.3, 0.4) is 0 Å². The van der Waals surface area contributed by atoms with E-state index in [2.05, 4.69) is 18.7 Å². The van der Waals surface area contributed by atoms with Crippen LogP contribution in [0.2, 0.25) is 0 Å². The molecule has 2 rings (SSSR count). The predicted octanol–water partition coefficient (Wildman–Crippen LogP) is 3.85. The first-order chi connectivity index (χ1) is 10.1. The molecule has 2 N–H and O–H groups in total. The molecule has 1 unspecified atom stereocenters. The summed E-state index contributed by atoms with van der Waals surface area (Å²) in [6.07, 6.45) is 13.5. The first kappa shape index (κ1) is 16.8. The number of nitrogens with zero attached hydrogens (tertiary/aromatic N) is 1. The Morgan fingerprint density at radius 1 is 1.00 bits per heavy atom. The SMILES string of the molecule is CCC(C)[C@H](N)C(=O)N(C1CCCCC1)C1CCCCC1. The van der Waals surface area contributed by atoms with Crippen molar-refractivity contribution in [2.24, 2.45) is 11.7 Å². The van der Waals surface area contributed by atoms with E-state index in [-0.39, 0.29) is 17.9 Å². The summed E-state index contributed by atoms with van der Waals surface area (Å²) in [7, 11) is 0. The van der Waals surface area contributed by atoms with Gasteiger partial charge < -0.3 is 10.6 Å². The van der Waals surface area contributed by atoms with E-state index < -0.39 is 0 Å². The lowest BCUT2D eigenvalue weighted by atomic mass is 9.87. The molecule has 3 heteroatoms. The average Bonchev–Trinajstić information content (AvgIpc) is 2.55. The molecular weight excluding hydrogens is 260 g/mol. The normalized spacial score (nSPS) is 24.5. The molecule has 21 heavy (non-hydrogen) atoms. The van der Waals surface area contributed by atoms with Gasteiger partial charge in [0, 0.05) is 12.1 Å². The van der Waals surface area contributed by atoms with Crippen LogP contribution in [0.1, 0.15) is 84.5 Å². The van der Waals surface area contributed by atoms with E-state index in [1.807, 2.05) is 0 Å². The Morgan fingerprint density at radius 3 is 1.81 bits per heavy atom. The lowest BCUT2D eigenvalue weighted by Gasteiger charge is -2.43. The van der Waals surface area contributed by atoms with Crippen LogP contribution < -0.4 is 5.73 Å². The number of hydrogen-bond acceptors (Lipinski definition) is 2. The molecule has 0 radical (unpaired) electrons. The summed E-state index contributed by atoms with van der Waals surface area (Å²) >= 11 is 0. The van der Waals surface area contributed by atoms with Crippen molar-refractivity contribution in [3.8, 4) is 0 Å². The minimum absolute atomic E-state index is 0.239. The number of hydrogen-bond donors (Lipinski definition) is 1. The van der Waals surface area contributed by atoms with Crippen molar-refractivity contribution < 1.29 is 4.79 Å². The molecule has 0 saturated heterocycles. The minimum Gasteiger partial charge on any atom is -0.335 e. The monoisotopic (exact) mass is 294 g/mol. The van der Waals surface area contributed by atoms with Gasteiger partial charge in [-0.05, 0) is 31.6 Å². The average molecular weight is 294 g/mol. The Kier molecular flexibility index (Phi) is 6.53. The second-order valence-electron chi connectivity index (χ2n) is 7.24. The third-order valence-corrected chi connectivity index (χ3v) is 5.73. The first-order valence-electron chi connectivity index (χ1n) is 9.23. The van der Waals surface area contributed by atoms with Crippen LogP contribution in [0.15, 0.2) is 0 Å². The van der Waals surface area contributed by atoms with Crippen molar-refractivity contribution in [3.05, 3.63) is 0 Å². The second kappa shape index (κ2) is 8.17. The Bertz CT molecular complexity index is 301. The maximum Gasteiger partial charge on any atom is 0.240 e. The summed E-state index contributed by atoms with van der Waals surface area (Å²) in [4.78, 5) is 15.3. The van der Waals surface area contributed by atoms with Crippen molar-refractivity contribution in [1.29, 1.82) is 0 Å². The molecule has 0 aromatic heterocycles. The number of rotatable bonds is 5. The van der Waals surface area contributed by atoms with E-state index in [0.717, 1.165) is 6.42 Å². The summed E-state index contributed by atoms with van der Waals surface area (Å²) in [6, 6.07) is 0.618. The van der Waals surface area contributed by atoms with E-state index in [0.29, 0.717) is 12.1 Å². The molecule has 0 spiro atoms. The predicted molar refractivity (Wildman–Crippen MR) is 88.0 cm³/mol. The van der Waals surface area contributed by atoms with Crippen LogP contribution >= 0.6 is 0 Å². The maximum absolute atomic E-state index is 13.0. The molecule has 2 aliphatic rings. The van der Waals surface area contributed by atoms with Crippen LogP contribution in [-0.2, 0) is 4.79 Å². The van der Waals surface area contributed by atoms with Gasteiger partial charge in [-0.1, -0.05) is 58.8 Å². The van der Waals surface area contributed by atoms with Gasteiger partial charge >= 0.3 is 0 Å². The van der Waals surface area contributed by atoms with Crippen molar-refractivity contribution >= 4 is 5.91 Å². The van der Waals surface area contributed by atoms with Crippen molar-refractivity contribution in [2.75, 3.05) is 0 Å². The fourth-order valence-electron chi connectivity index (χ4n) is 4.05. The maximum atomic E-state index is 13.0. The highest BCUT2D eigenvalue weighted by atomic mass is 16.2. The summed E-state index contributed by atoms with van der Waals surface area (Å²) in [6.45, 7) is 4.24. The Labute approximate surface area is 130 Å². The van der Waals surface area contributed by atoms with Crippen LogP contribution in [0.4, 0.5) is 0 Å². The number of amides is 1. The summed E-state index contributed by atoms with van der Waals surface area (Å²) < 4.78 is 0. The Balaban J connectivity index is 2.11. The van der Waals surface area contributed by atoms with Crippen LogP contribution in [0.25, 0.3) is 0 Å². The molecule has 3 nitrogen and oxygen atoms in total. The lowest BCUT2D eigenvalue weighted by Crippen LogP contribution is -2.55. The Morgan fingerprint density at radius 2 is 1.43 bits per heavy atom. The fourth-order valence-corrected chi connectivity index (χ4v) is 4.05. The van der Waals surface area contributed by atoms with Crippen molar-refractivity contribution in [1.82, 2.24) is 4.90 Å². The minimum atomic E-state index is -0.307. The summed E-state index contributed by atoms with van der Waals surface area (Å²) in [5.74, 6) is 0.523. The van der Waals surface area contributed by atoms with Gasteiger partial charge in [0.1, 0.15) is 0 Å². The highest BCUT2D eigenvalue weighted by Crippen LogP contribution is 2.31. The summed E-state index contributed by atoms with van der Waals surface area (Å²) in [5, 5.41) is 0. The molecule has 0 bridgehead atoms. The van der Waals surface area contributed by atoms with Crippen molar-refractivity contribution in [2.45, 2.75) is 103 Å². The standard InChI is InChI=1S/C18H34N2O/c1-3-14(2)17(19)18(21)20(15-10-6-4-7-11-15)16-12-8-5-9-13-16/h14-17H,3-13,19H2,1-2H3/t14?,17-/m0/s1. The molecule has 2 fully saturated rings. The molecule has 122 valence electrons. The zero-order chi connectivity index (χ0) is 15.2. The van der Waals surface area contributed by atoms with Gasteiger partial charge in [0.25, 0.3) is 0 Å². The zero-order valence-electron chi connectivity index (χ0n) is 14.0. The molecule has 1 amide bonds. The number of nitrogens with two attached hydrogens (primary N) is 1. The smallest absolute Gasteiger partial charge is 0.240 e. The molecule has 0 aromatic rings. The fraction of sp³-hybridized carbons (Fsp3) is 0.944. The summed E-state index contributed by atoms with van der Waals surface area (Å²) in [5.41, 5.74) is 6.29. The molecule has 0 aliphatic heterocycles. The largest absolute Gasteiger partial charge is 0.335 e. The quantitative estimate of drug-likeness (QED) is 0.837. The third-order valence-electron chi connectivity index (χ3n) is 5.73. The van der Waals surface area contributed by atoms with Crippen molar-refractivity contribution in [3.63, 3.8) is 0 Å². The van der Waals surface area contributed by atoms with Gasteiger partial charge in [0.15, 0.2) is 0 Å². The van der Waals surface area contributed by atoms with Crippen LogP contribution in [-0.4, -0.2) is 28.9 Å². The van der Waals surface area contributed by atoms with E-state index in [1.54, 1.807) is 0 Å². The molecular formula is C18H34N2O. The van der Waals surface area contributed by atoms with E-state index in [9.17, 15) is 4.79 Å². The molecule has 0 aromatic carbocycles.